The van der Waals surface area contributed by atoms with E-state index in [4.69, 9.17) is 0 Å². The summed E-state index contributed by atoms with van der Waals surface area (Å²) in [6, 6.07) is 22.7. The minimum Gasteiger partial charge on any atom is -0.337 e. The van der Waals surface area contributed by atoms with E-state index in [0.29, 0.717) is 17.2 Å². The number of benzene rings is 3. The minimum atomic E-state index is -0.306. The second kappa shape index (κ2) is 9.97. The predicted molar refractivity (Wildman–Crippen MR) is 134 cm³/mol. The summed E-state index contributed by atoms with van der Waals surface area (Å²) in [4.78, 5) is 23.8. The highest BCUT2D eigenvalue weighted by atomic mass is 32.1. The summed E-state index contributed by atoms with van der Waals surface area (Å²) < 4.78 is 16.4. The number of aryl methyl sites for hydroxylation is 1. The van der Waals surface area contributed by atoms with E-state index in [1.807, 2.05) is 53.2 Å². The third-order valence-electron chi connectivity index (χ3n) is 5.64. The molecule has 7 heteroatoms. The molecular formula is C27H23FN4OS. The second-order valence-electron chi connectivity index (χ2n) is 8.05. The van der Waals surface area contributed by atoms with Crippen molar-refractivity contribution in [2.75, 3.05) is 11.4 Å². The van der Waals surface area contributed by atoms with E-state index in [1.165, 1.54) is 23.5 Å². The van der Waals surface area contributed by atoms with Gasteiger partial charge in [0.05, 0.1) is 23.0 Å². The number of amides is 1. The fourth-order valence-corrected chi connectivity index (χ4v) is 4.91. The molecule has 170 valence electrons. The van der Waals surface area contributed by atoms with Gasteiger partial charge in [0.25, 0.3) is 0 Å². The largest absolute Gasteiger partial charge is 0.337 e. The molecule has 0 spiro atoms. The van der Waals surface area contributed by atoms with Crippen LogP contribution in [0.3, 0.4) is 0 Å². The monoisotopic (exact) mass is 470 g/mol. The number of nitrogens with zero attached hydrogens (tertiary/aromatic N) is 4. The maximum atomic E-state index is 13.7. The van der Waals surface area contributed by atoms with Gasteiger partial charge in [0.1, 0.15) is 5.82 Å². The first kappa shape index (κ1) is 22.0. The Kier molecular flexibility index (Phi) is 6.44. The molecule has 5 aromatic rings. The molecular weight excluding hydrogens is 447 g/mol. The second-order valence-corrected chi connectivity index (χ2v) is 9.06. The number of thiazole rings is 1. The Morgan fingerprint density at radius 1 is 1.00 bits per heavy atom. The summed E-state index contributed by atoms with van der Waals surface area (Å²) in [5.41, 5.74) is 3.89. The van der Waals surface area contributed by atoms with Crippen molar-refractivity contribution < 1.29 is 9.18 Å². The number of fused-ring (bicyclic) bond motifs is 1. The van der Waals surface area contributed by atoms with Gasteiger partial charge >= 0.3 is 0 Å². The Labute approximate surface area is 201 Å². The molecule has 3 aromatic carbocycles. The number of aromatic nitrogens is 3. The lowest BCUT2D eigenvalue weighted by Crippen LogP contribution is -2.33. The van der Waals surface area contributed by atoms with Crippen molar-refractivity contribution >= 4 is 32.6 Å². The van der Waals surface area contributed by atoms with Gasteiger partial charge < -0.3 is 4.57 Å². The number of carbonyl (C=O) groups excluding carboxylic acids is 1. The maximum Gasteiger partial charge on any atom is 0.233 e. The normalized spacial score (nSPS) is 11.1. The van der Waals surface area contributed by atoms with E-state index >= 15 is 0 Å². The fraction of sp³-hybridized carbons (Fsp3) is 0.148. The molecule has 2 heterocycles. The number of hydrogen-bond acceptors (Lipinski definition) is 4. The van der Waals surface area contributed by atoms with Crippen molar-refractivity contribution in [3.05, 3.63) is 103 Å². The highest BCUT2D eigenvalue weighted by Gasteiger charge is 2.20. The lowest BCUT2D eigenvalue weighted by atomic mass is 10.0. The molecule has 5 rings (SSSR count). The van der Waals surface area contributed by atoms with Crippen LogP contribution in [0.5, 0.6) is 0 Å². The standard InChI is InChI=1S/C27H23FN4OS/c28-23-11-12-24-25(18-23)34-27(30-24)32(15-4-14-31-16-13-29-19-31)26(33)17-20-7-9-22(10-8-20)21-5-2-1-3-6-21/h1-3,5-13,16,18-19H,4,14-15,17H2. The summed E-state index contributed by atoms with van der Waals surface area (Å²) in [7, 11) is 0. The summed E-state index contributed by atoms with van der Waals surface area (Å²) in [6.45, 7) is 1.26. The summed E-state index contributed by atoms with van der Waals surface area (Å²) in [5, 5.41) is 0.595. The Morgan fingerprint density at radius 2 is 1.79 bits per heavy atom. The maximum absolute atomic E-state index is 13.7. The van der Waals surface area contributed by atoms with Crippen LogP contribution in [0.15, 0.2) is 91.5 Å². The van der Waals surface area contributed by atoms with Gasteiger partial charge in [-0.05, 0) is 41.3 Å². The van der Waals surface area contributed by atoms with E-state index in [9.17, 15) is 9.18 Å². The molecule has 0 aliphatic rings. The van der Waals surface area contributed by atoms with Crippen LogP contribution in [0.2, 0.25) is 0 Å². The lowest BCUT2D eigenvalue weighted by molar-refractivity contribution is -0.118. The summed E-state index contributed by atoms with van der Waals surface area (Å²) in [6.07, 6.45) is 6.43. The van der Waals surface area contributed by atoms with Crippen LogP contribution < -0.4 is 4.90 Å². The van der Waals surface area contributed by atoms with Crippen molar-refractivity contribution in [2.24, 2.45) is 0 Å². The number of halogens is 1. The van der Waals surface area contributed by atoms with Gasteiger partial charge in [0.2, 0.25) is 5.91 Å². The van der Waals surface area contributed by atoms with Crippen LogP contribution in [0.4, 0.5) is 9.52 Å². The summed E-state index contributed by atoms with van der Waals surface area (Å²) >= 11 is 1.34. The van der Waals surface area contributed by atoms with Crippen molar-refractivity contribution in [1.82, 2.24) is 14.5 Å². The fourth-order valence-electron chi connectivity index (χ4n) is 3.87. The van der Waals surface area contributed by atoms with Gasteiger partial charge in [0.15, 0.2) is 5.13 Å². The first-order chi connectivity index (χ1) is 16.7. The molecule has 0 radical (unpaired) electrons. The van der Waals surface area contributed by atoms with Gasteiger partial charge in [-0.3, -0.25) is 9.69 Å². The van der Waals surface area contributed by atoms with Gasteiger partial charge in [-0.15, -0.1) is 0 Å². The molecule has 0 unspecified atom stereocenters. The average molecular weight is 471 g/mol. The first-order valence-corrected chi connectivity index (χ1v) is 11.9. The molecule has 0 aliphatic carbocycles. The molecule has 0 atom stereocenters. The Morgan fingerprint density at radius 3 is 2.56 bits per heavy atom. The molecule has 5 nitrogen and oxygen atoms in total. The van der Waals surface area contributed by atoms with Crippen LogP contribution >= 0.6 is 11.3 Å². The van der Waals surface area contributed by atoms with Gasteiger partial charge in [-0.2, -0.15) is 0 Å². The first-order valence-electron chi connectivity index (χ1n) is 11.1. The minimum absolute atomic E-state index is 0.0300. The van der Waals surface area contributed by atoms with E-state index in [0.717, 1.165) is 34.4 Å². The summed E-state index contributed by atoms with van der Waals surface area (Å²) in [5.74, 6) is -0.336. The number of carbonyl (C=O) groups is 1. The van der Waals surface area contributed by atoms with Crippen LogP contribution in [0, 0.1) is 5.82 Å². The predicted octanol–water partition coefficient (Wildman–Crippen LogP) is 5.96. The molecule has 34 heavy (non-hydrogen) atoms. The van der Waals surface area contributed by atoms with Crippen molar-refractivity contribution in [3.63, 3.8) is 0 Å². The highest BCUT2D eigenvalue weighted by Crippen LogP contribution is 2.30. The number of imidazole rings is 1. The molecule has 0 fully saturated rings. The molecule has 1 amide bonds. The zero-order valence-electron chi connectivity index (χ0n) is 18.5. The SMILES string of the molecule is O=C(Cc1ccc(-c2ccccc2)cc1)N(CCCn1ccnc1)c1nc2ccc(F)cc2s1. The van der Waals surface area contributed by atoms with Gasteiger partial charge in [-0.25, -0.2) is 14.4 Å². The van der Waals surface area contributed by atoms with E-state index in [-0.39, 0.29) is 18.1 Å². The van der Waals surface area contributed by atoms with E-state index < -0.39 is 0 Å². The Balaban J connectivity index is 1.35. The van der Waals surface area contributed by atoms with Crippen LogP contribution in [0.25, 0.3) is 21.3 Å². The third-order valence-corrected chi connectivity index (χ3v) is 6.69. The zero-order chi connectivity index (χ0) is 23.3. The molecule has 0 N–H and O–H groups in total. The quantitative estimate of drug-likeness (QED) is 0.281. The molecule has 0 bridgehead atoms. The Hall–Kier alpha value is -3.84. The molecule has 0 aliphatic heterocycles. The number of anilines is 1. The van der Waals surface area contributed by atoms with E-state index in [2.05, 4.69) is 22.1 Å². The highest BCUT2D eigenvalue weighted by molar-refractivity contribution is 7.22. The number of rotatable bonds is 8. The molecule has 0 saturated carbocycles. The van der Waals surface area contributed by atoms with Gasteiger partial charge in [0, 0.05) is 25.5 Å². The van der Waals surface area contributed by atoms with Gasteiger partial charge in [-0.1, -0.05) is 65.9 Å². The smallest absolute Gasteiger partial charge is 0.233 e. The van der Waals surface area contributed by atoms with Crippen molar-refractivity contribution in [1.29, 1.82) is 0 Å². The molecule has 0 saturated heterocycles. The van der Waals surface area contributed by atoms with Crippen LogP contribution in [0.1, 0.15) is 12.0 Å². The third kappa shape index (κ3) is 5.05. The zero-order valence-corrected chi connectivity index (χ0v) is 19.3. The Bertz CT molecular complexity index is 1380. The number of hydrogen-bond donors (Lipinski definition) is 0. The lowest BCUT2D eigenvalue weighted by Gasteiger charge is -2.20. The van der Waals surface area contributed by atoms with Crippen LogP contribution in [-0.2, 0) is 17.8 Å². The van der Waals surface area contributed by atoms with Crippen molar-refractivity contribution in [3.8, 4) is 11.1 Å². The van der Waals surface area contributed by atoms with E-state index in [1.54, 1.807) is 23.5 Å². The topological polar surface area (TPSA) is 51.0 Å². The average Bonchev–Trinajstić information content (AvgIpc) is 3.52. The van der Waals surface area contributed by atoms with Crippen LogP contribution in [-0.4, -0.2) is 27.0 Å². The van der Waals surface area contributed by atoms with Crippen molar-refractivity contribution in [2.45, 2.75) is 19.4 Å². The molecule has 2 aromatic heterocycles.